The second-order valence-electron chi connectivity index (χ2n) is 5.34. The molecule has 16 heavy (non-hydrogen) atoms. The third kappa shape index (κ3) is 3.39. The van der Waals surface area contributed by atoms with Gasteiger partial charge in [-0.25, -0.2) is 0 Å². The molecule has 0 amide bonds. The molecule has 1 saturated heterocycles. The number of aliphatic imine (C=N–C) groups is 1. The molecule has 1 N–H and O–H groups in total. The van der Waals surface area contributed by atoms with Gasteiger partial charge in [0, 0.05) is 32.1 Å². The Morgan fingerprint density at radius 2 is 2.25 bits per heavy atom. The minimum atomic E-state index is 0.393. The van der Waals surface area contributed by atoms with E-state index in [4.69, 9.17) is 4.74 Å². The fourth-order valence-electron chi connectivity index (χ4n) is 2.00. The van der Waals surface area contributed by atoms with Crippen LogP contribution in [0.2, 0.25) is 0 Å². The quantitative estimate of drug-likeness (QED) is 0.805. The van der Waals surface area contributed by atoms with Gasteiger partial charge in [-0.15, -0.1) is 0 Å². The second-order valence-corrected chi connectivity index (χ2v) is 6.35. The molecule has 0 spiro atoms. The van der Waals surface area contributed by atoms with Crippen molar-refractivity contribution >= 4 is 16.9 Å². The van der Waals surface area contributed by atoms with Gasteiger partial charge in [0.1, 0.15) is 0 Å². The summed E-state index contributed by atoms with van der Waals surface area (Å²) in [4.78, 5) is 4.56. The number of hydrogen-bond acceptors (Lipinski definition) is 4. The number of thioether (sulfide) groups is 1. The van der Waals surface area contributed by atoms with Crippen molar-refractivity contribution < 1.29 is 4.74 Å². The van der Waals surface area contributed by atoms with Crippen LogP contribution in [0.4, 0.5) is 0 Å². The maximum Gasteiger partial charge on any atom is 0.156 e. The Balaban J connectivity index is 1.78. The molecule has 0 aromatic rings. The highest BCUT2D eigenvalue weighted by atomic mass is 32.2. The van der Waals surface area contributed by atoms with Gasteiger partial charge in [-0.3, -0.25) is 4.99 Å². The van der Waals surface area contributed by atoms with Gasteiger partial charge in [0.25, 0.3) is 0 Å². The van der Waals surface area contributed by atoms with E-state index >= 15 is 0 Å². The molecule has 2 heterocycles. The average Bonchev–Trinajstić information content (AvgIpc) is 2.29. The van der Waals surface area contributed by atoms with Crippen LogP contribution in [0.15, 0.2) is 4.99 Å². The first-order chi connectivity index (χ1) is 7.68. The first-order valence-electron chi connectivity index (χ1n) is 6.17. The van der Waals surface area contributed by atoms with Crippen molar-refractivity contribution in [3.8, 4) is 0 Å². The summed E-state index contributed by atoms with van der Waals surface area (Å²) < 4.78 is 5.41. The number of nitrogens with one attached hydrogen (secondary N) is 1. The molecule has 2 aliphatic heterocycles. The van der Waals surface area contributed by atoms with Crippen LogP contribution in [0.1, 0.15) is 26.7 Å². The Labute approximate surface area is 102 Å². The summed E-state index contributed by atoms with van der Waals surface area (Å²) in [5.41, 5.74) is 0.393. The van der Waals surface area contributed by atoms with Crippen molar-refractivity contribution in [2.45, 2.75) is 26.7 Å². The first-order valence-corrected chi connectivity index (χ1v) is 7.15. The Morgan fingerprint density at radius 1 is 1.50 bits per heavy atom. The summed E-state index contributed by atoms with van der Waals surface area (Å²) in [6, 6.07) is 0. The third-order valence-corrected chi connectivity index (χ3v) is 4.70. The van der Waals surface area contributed by atoms with Gasteiger partial charge in [0.2, 0.25) is 0 Å². The van der Waals surface area contributed by atoms with Crippen LogP contribution in [0.3, 0.4) is 0 Å². The Kier molecular flexibility index (Phi) is 4.14. The van der Waals surface area contributed by atoms with Gasteiger partial charge >= 0.3 is 0 Å². The van der Waals surface area contributed by atoms with Crippen molar-refractivity contribution in [2.24, 2.45) is 16.3 Å². The average molecular weight is 242 g/mol. The van der Waals surface area contributed by atoms with Crippen LogP contribution < -0.4 is 5.32 Å². The largest absolute Gasteiger partial charge is 0.381 e. The molecule has 0 radical (unpaired) electrons. The number of ether oxygens (including phenoxy) is 1. The monoisotopic (exact) mass is 242 g/mol. The predicted octanol–water partition coefficient (Wildman–Crippen LogP) is 2.13. The van der Waals surface area contributed by atoms with Crippen molar-refractivity contribution in [3.05, 3.63) is 0 Å². The minimum Gasteiger partial charge on any atom is -0.381 e. The summed E-state index contributed by atoms with van der Waals surface area (Å²) >= 11 is 1.87. The lowest BCUT2D eigenvalue weighted by atomic mass is 9.82. The fraction of sp³-hybridized carbons (Fsp3) is 0.917. The van der Waals surface area contributed by atoms with E-state index in [-0.39, 0.29) is 0 Å². The number of hydrogen-bond donors (Lipinski definition) is 1. The van der Waals surface area contributed by atoms with E-state index in [2.05, 4.69) is 24.2 Å². The summed E-state index contributed by atoms with van der Waals surface area (Å²) in [6.45, 7) is 8.45. The van der Waals surface area contributed by atoms with Gasteiger partial charge < -0.3 is 10.1 Å². The Bertz CT molecular complexity index is 262. The zero-order valence-electron chi connectivity index (χ0n) is 10.3. The van der Waals surface area contributed by atoms with E-state index in [1.165, 1.54) is 5.75 Å². The van der Waals surface area contributed by atoms with E-state index in [1.807, 2.05) is 11.8 Å². The molecule has 2 rings (SSSR count). The topological polar surface area (TPSA) is 33.6 Å². The Hall–Kier alpha value is -0.220. The summed E-state index contributed by atoms with van der Waals surface area (Å²) in [5.74, 6) is 1.93. The van der Waals surface area contributed by atoms with E-state index < -0.39 is 0 Å². The number of amidine groups is 1. The van der Waals surface area contributed by atoms with E-state index in [0.717, 1.165) is 50.2 Å². The van der Waals surface area contributed by atoms with Crippen molar-refractivity contribution in [1.29, 1.82) is 0 Å². The van der Waals surface area contributed by atoms with Crippen LogP contribution in [0.25, 0.3) is 0 Å². The van der Waals surface area contributed by atoms with Crippen LogP contribution in [0.5, 0.6) is 0 Å². The lowest BCUT2D eigenvalue weighted by molar-refractivity contribution is 0.0262. The molecule has 0 saturated carbocycles. The summed E-state index contributed by atoms with van der Waals surface area (Å²) in [5, 5.41) is 4.65. The molecule has 2 aliphatic rings. The number of rotatable bonds is 2. The molecular formula is C12H22N2OS. The van der Waals surface area contributed by atoms with Gasteiger partial charge in [-0.1, -0.05) is 25.6 Å². The standard InChI is InChI=1S/C12H22N2OS/c1-10-7-13-11(16-8-10)14-9-12(2)3-5-15-6-4-12/h10H,3-9H2,1-2H3,(H,13,14). The maximum atomic E-state index is 5.41. The van der Waals surface area contributed by atoms with Crippen molar-refractivity contribution in [2.75, 3.05) is 32.1 Å². The van der Waals surface area contributed by atoms with Gasteiger partial charge in [0.05, 0.1) is 0 Å². The molecule has 0 aromatic heterocycles. The minimum absolute atomic E-state index is 0.393. The molecule has 1 atom stereocenters. The van der Waals surface area contributed by atoms with Crippen LogP contribution in [-0.2, 0) is 4.74 Å². The molecule has 3 nitrogen and oxygen atoms in total. The molecule has 4 heteroatoms. The predicted molar refractivity (Wildman–Crippen MR) is 70.1 cm³/mol. The lowest BCUT2D eigenvalue weighted by Gasteiger charge is -2.34. The van der Waals surface area contributed by atoms with E-state index in [1.54, 1.807) is 0 Å². The van der Waals surface area contributed by atoms with Crippen LogP contribution in [-0.4, -0.2) is 37.2 Å². The first kappa shape index (κ1) is 12.2. The fourth-order valence-corrected chi connectivity index (χ4v) is 2.88. The van der Waals surface area contributed by atoms with Crippen LogP contribution >= 0.6 is 11.8 Å². The van der Waals surface area contributed by atoms with Crippen molar-refractivity contribution in [3.63, 3.8) is 0 Å². The highest BCUT2D eigenvalue weighted by Crippen LogP contribution is 2.29. The molecule has 0 aliphatic carbocycles. The molecule has 1 fully saturated rings. The molecule has 0 aromatic carbocycles. The summed E-state index contributed by atoms with van der Waals surface area (Å²) in [6.07, 6.45) is 2.32. The molecule has 1 unspecified atom stereocenters. The maximum absolute atomic E-state index is 5.41. The number of nitrogens with zero attached hydrogens (tertiary/aromatic N) is 1. The molecular weight excluding hydrogens is 220 g/mol. The van der Waals surface area contributed by atoms with Gasteiger partial charge in [-0.05, 0) is 24.2 Å². The normalized spacial score (nSPS) is 29.6. The SMILES string of the molecule is CC1CN=C(NCC2(C)CCOCC2)SC1. The van der Waals surface area contributed by atoms with E-state index in [9.17, 15) is 0 Å². The third-order valence-electron chi connectivity index (χ3n) is 3.42. The molecule has 92 valence electrons. The smallest absolute Gasteiger partial charge is 0.156 e. The lowest BCUT2D eigenvalue weighted by Crippen LogP contribution is -2.39. The summed E-state index contributed by atoms with van der Waals surface area (Å²) in [7, 11) is 0. The highest BCUT2D eigenvalue weighted by Gasteiger charge is 2.27. The van der Waals surface area contributed by atoms with Crippen LogP contribution in [0, 0.1) is 11.3 Å². The van der Waals surface area contributed by atoms with Gasteiger partial charge in [0.15, 0.2) is 5.17 Å². The zero-order chi connectivity index (χ0) is 11.4. The van der Waals surface area contributed by atoms with E-state index in [0.29, 0.717) is 5.41 Å². The molecule has 0 bridgehead atoms. The Morgan fingerprint density at radius 3 is 2.88 bits per heavy atom. The van der Waals surface area contributed by atoms with Crippen molar-refractivity contribution in [1.82, 2.24) is 5.32 Å². The second kappa shape index (κ2) is 5.41. The van der Waals surface area contributed by atoms with Gasteiger partial charge in [-0.2, -0.15) is 0 Å². The zero-order valence-corrected chi connectivity index (χ0v) is 11.1. The highest BCUT2D eigenvalue weighted by molar-refractivity contribution is 8.13.